The molecule has 0 heterocycles. The molecule has 0 radical (unpaired) electrons. The standard InChI is InChI=1S/C16H23NO4/c1-5-9-17(12-16(18)21-6-2)11-13-7-8-14(19-3)15(10-13)20-4/h5,7-8,10H,1,6,9,11-12H2,2-4H3. The monoisotopic (exact) mass is 293 g/mol. The van der Waals surface area contributed by atoms with E-state index in [1.165, 1.54) is 0 Å². The summed E-state index contributed by atoms with van der Waals surface area (Å²) in [6.45, 7) is 7.34. The number of methoxy groups -OCH3 is 2. The molecular formula is C16H23NO4. The van der Waals surface area contributed by atoms with Crippen LogP contribution in [0.4, 0.5) is 0 Å². The number of ether oxygens (including phenoxy) is 3. The van der Waals surface area contributed by atoms with Crippen LogP contribution in [-0.4, -0.2) is 44.8 Å². The summed E-state index contributed by atoms with van der Waals surface area (Å²) >= 11 is 0. The highest BCUT2D eigenvalue weighted by Gasteiger charge is 2.12. The molecule has 1 aromatic rings. The zero-order valence-corrected chi connectivity index (χ0v) is 12.9. The molecule has 0 fully saturated rings. The Kier molecular flexibility index (Phi) is 7.32. The maximum atomic E-state index is 11.6. The lowest BCUT2D eigenvalue weighted by molar-refractivity contribution is -0.144. The maximum absolute atomic E-state index is 11.6. The zero-order chi connectivity index (χ0) is 15.7. The van der Waals surface area contributed by atoms with E-state index in [0.29, 0.717) is 31.2 Å². The van der Waals surface area contributed by atoms with Crippen LogP contribution in [0.5, 0.6) is 11.5 Å². The third kappa shape index (κ3) is 5.47. The number of esters is 1. The van der Waals surface area contributed by atoms with E-state index in [2.05, 4.69) is 6.58 Å². The van der Waals surface area contributed by atoms with Crippen LogP contribution in [0.1, 0.15) is 12.5 Å². The first-order valence-corrected chi connectivity index (χ1v) is 6.84. The highest BCUT2D eigenvalue weighted by Crippen LogP contribution is 2.28. The smallest absolute Gasteiger partial charge is 0.320 e. The fourth-order valence-corrected chi connectivity index (χ4v) is 1.99. The molecule has 0 aliphatic carbocycles. The molecule has 0 aliphatic rings. The van der Waals surface area contributed by atoms with Crippen LogP contribution in [0.15, 0.2) is 30.9 Å². The van der Waals surface area contributed by atoms with Gasteiger partial charge in [0.1, 0.15) is 0 Å². The van der Waals surface area contributed by atoms with Gasteiger partial charge in [0.25, 0.3) is 0 Å². The fraction of sp³-hybridized carbons (Fsp3) is 0.438. The van der Waals surface area contributed by atoms with Gasteiger partial charge in [0, 0.05) is 13.1 Å². The van der Waals surface area contributed by atoms with Gasteiger partial charge in [0.05, 0.1) is 27.4 Å². The van der Waals surface area contributed by atoms with Gasteiger partial charge in [0.2, 0.25) is 0 Å². The van der Waals surface area contributed by atoms with Gasteiger partial charge in [-0.25, -0.2) is 0 Å². The van der Waals surface area contributed by atoms with Crippen LogP contribution in [-0.2, 0) is 16.1 Å². The molecule has 1 aromatic carbocycles. The summed E-state index contributed by atoms with van der Waals surface area (Å²) in [5.41, 5.74) is 1.03. The number of benzene rings is 1. The molecule has 0 atom stereocenters. The van der Waals surface area contributed by atoms with E-state index in [1.807, 2.05) is 23.1 Å². The van der Waals surface area contributed by atoms with E-state index >= 15 is 0 Å². The second-order valence-corrected chi connectivity index (χ2v) is 4.45. The first-order chi connectivity index (χ1) is 10.1. The molecule has 0 aliphatic heterocycles. The molecule has 0 bridgehead atoms. The van der Waals surface area contributed by atoms with Crippen molar-refractivity contribution in [3.05, 3.63) is 36.4 Å². The van der Waals surface area contributed by atoms with Crippen molar-refractivity contribution in [1.29, 1.82) is 0 Å². The van der Waals surface area contributed by atoms with Crippen LogP contribution in [0.2, 0.25) is 0 Å². The molecule has 116 valence electrons. The lowest BCUT2D eigenvalue weighted by Crippen LogP contribution is -2.30. The molecule has 5 heteroatoms. The molecule has 0 saturated carbocycles. The minimum atomic E-state index is -0.236. The van der Waals surface area contributed by atoms with Crippen molar-refractivity contribution in [2.24, 2.45) is 0 Å². The van der Waals surface area contributed by atoms with Gasteiger partial charge in [-0.1, -0.05) is 12.1 Å². The van der Waals surface area contributed by atoms with Gasteiger partial charge < -0.3 is 14.2 Å². The first kappa shape index (κ1) is 17.0. The van der Waals surface area contributed by atoms with Crippen molar-refractivity contribution in [2.75, 3.05) is 33.9 Å². The van der Waals surface area contributed by atoms with Crippen molar-refractivity contribution in [3.8, 4) is 11.5 Å². The van der Waals surface area contributed by atoms with Crippen molar-refractivity contribution in [2.45, 2.75) is 13.5 Å². The number of carbonyl (C=O) groups excluding carboxylic acids is 1. The average Bonchev–Trinajstić information content (AvgIpc) is 2.47. The normalized spacial score (nSPS) is 10.3. The van der Waals surface area contributed by atoms with Crippen molar-refractivity contribution in [3.63, 3.8) is 0 Å². The zero-order valence-electron chi connectivity index (χ0n) is 12.9. The van der Waals surface area contributed by atoms with E-state index in [9.17, 15) is 4.79 Å². The number of rotatable bonds is 9. The van der Waals surface area contributed by atoms with E-state index in [4.69, 9.17) is 14.2 Å². The number of hydrogen-bond donors (Lipinski definition) is 0. The molecule has 0 unspecified atom stereocenters. The quantitative estimate of drug-likeness (QED) is 0.516. The summed E-state index contributed by atoms with van der Waals surface area (Å²) in [6.07, 6.45) is 1.76. The van der Waals surface area contributed by atoms with Gasteiger partial charge in [-0.15, -0.1) is 6.58 Å². The van der Waals surface area contributed by atoms with E-state index in [1.54, 1.807) is 27.2 Å². The lowest BCUT2D eigenvalue weighted by atomic mass is 10.2. The predicted molar refractivity (Wildman–Crippen MR) is 81.7 cm³/mol. The summed E-state index contributed by atoms with van der Waals surface area (Å²) in [5, 5.41) is 0. The second kappa shape index (κ2) is 9.02. The van der Waals surface area contributed by atoms with E-state index < -0.39 is 0 Å². The molecule has 0 saturated heterocycles. The van der Waals surface area contributed by atoms with Gasteiger partial charge in [-0.2, -0.15) is 0 Å². The third-order valence-corrected chi connectivity index (χ3v) is 2.90. The number of carbonyl (C=O) groups is 1. The minimum Gasteiger partial charge on any atom is -0.493 e. The Hall–Kier alpha value is -2.01. The SMILES string of the molecule is C=CCN(CC(=O)OCC)Cc1ccc(OC)c(OC)c1. The molecule has 1 rings (SSSR count). The van der Waals surface area contributed by atoms with Gasteiger partial charge >= 0.3 is 5.97 Å². The second-order valence-electron chi connectivity index (χ2n) is 4.45. The Morgan fingerprint density at radius 3 is 2.57 bits per heavy atom. The summed E-state index contributed by atoms with van der Waals surface area (Å²) in [7, 11) is 3.20. The first-order valence-electron chi connectivity index (χ1n) is 6.84. The fourth-order valence-electron chi connectivity index (χ4n) is 1.99. The largest absolute Gasteiger partial charge is 0.493 e. The summed E-state index contributed by atoms with van der Waals surface area (Å²) in [4.78, 5) is 13.5. The number of nitrogens with zero attached hydrogens (tertiary/aromatic N) is 1. The number of hydrogen-bond acceptors (Lipinski definition) is 5. The topological polar surface area (TPSA) is 48.0 Å². The Morgan fingerprint density at radius 1 is 1.29 bits per heavy atom. The van der Waals surface area contributed by atoms with Crippen LogP contribution < -0.4 is 9.47 Å². The third-order valence-electron chi connectivity index (χ3n) is 2.90. The molecule has 5 nitrogen and oxygen atoms in total. The Balaban J connectivity index is 2.78. The van der Waals surface area contributed by atoms with Gasteiger partial charge in [-0.05, 0) is 24.6 Å². The Bertz CT molecular complexity index is 473. The van der Waals surface area contributed by atoms with Crippen LogP contribution in [0, 0.1) is 0 Å². The lowest BCUT2D eigenvalue weighted by Gasteiger charge is -2.20. The maximum Gasteiger partial charge on any atom is 0.320 e. The molecular weight excluding hydrogens is 270 g/mol. The van der Waals surface area contributed by atoms with Crippen molar-refractivity contribution < 1.29 is 19.0 Å². The van der Waals surface area contributed by atoms with E-state index in [0.717, 1.165) is 5.56 Å². The van der Waals surface area contributed by atoms with Crippen molar-refractivity contribution in [1.82, 2.24) is 4.90 Å². The minimum absolute atomic E-state index is 0.230. The van der Waals surface area contributed by atoms with Gasteiger partial charge in [-0.3, -0.25) is 9.69 Å². The summed E-state index contributed by atoms with van der Waals surface area (Å²) in [5.74, 6) is 1.12. The van der Waals surface area contributed by atoms with Crippen molar-refractivity contribution >= 4 is 5.97 Å². The highest BCUT2D eigenvalue weighted by atomic mass is 16.5. The average molecular weight is 293 g/mol. The molecule has 21 heavy (non-hydrogen) atoms. The van der Waals surface area contributed by atoms with Gasteiger partial charge in [0.15, 0.2) is 11.5 Å². The van der Waals surface area contributed by atoms with E-state index in [-0.39, 0.29) is 12.5 Å². The van der Waals surface area contributed by atoms with Crippen LogP contribution in [0.25, 0.3) is 0 Å². The molecule has 0 spiro atoms. The summed E-state index contributed by atoms with van der Waals surface area (Å²) < 4.78 is 15.5. The Labute approximate surface area is 126 Å². The van der Waals surface area contributed by atoms with Crippen LogP contribution in [0.3, 0.4) is 0 Å². The Morgan fingerprint density at radius 2 is 2.00 bits per heavy atom. The molecule has 0 amide bonds. The molecule has 0 aromatic heterocycles. The molecule has 0 N–H and O–H groups in total. The highest BCUT2D eigenvalue weighted by molar-refractivity contribution is 5.71. The predicted octanol–water partition coefficient (Wildman–Crippen LogP) is 2.25. The van der Waals surface area contributed by atoms with Crippen LogP contribution >= 0.6 is 0 Å². The summed E-state index contributed by atoms with van der Waals surface area (Å²) in [6, 6.07) is 5.70.